The summed E-state index contributed by atoms with van der Waals surface area (Å²) in [4.78, 5) is 22.0. The van der Waals surface area contributed by atoms with Crippen LogP contribution in [0, 0.1) is 11.8 Å². The molecule has 0 radical (unpaired) electrons. The van der Waals surface area contributed by atoms with Gasteiger partial charge in [-0.1, -0.05) is 56.1 Å². The van der Waals surface area contributed by atoms with Crippen LogP contribution in [0.1, 0.15) is 23.0 Å². The lowest BCUT2D eigenvalue weighted by molar-refractivity contribution is -0.142. The Bertz CT molecular complexity index is 891. The van der Waals surface area contributed by atoms with E-state index in [9.17, 15) is 9.59 Å². The molecule has 0 amide bonds. The quantitative estimate of drug-likeness (QED) is 0.473. The molecule has 6 nitrogen and oxygen atoms in total. The zero-order chi connectivity index (χ0) is 21.7. The van der Waals surface area contributed by atoms with Crippen molar-refractivity contribution in [3.05, 3.63) is 68.6 Å². The summed E-state index contributed by atoms with van der Waals surface area (Å²) in [7, 11) is 0. The van der Waals surface area contributed by atoms with Crippen LogP contribution in [0.2, 0.25) is 0 Å². The standard InChI is InChI=1S/2C11H12BrNO2/c12-8-3-1-7(2-4-8)9-5-13-6-10(9)11(14)15;12-8-3-1-2-7(4-8)9-5-13-6-10(9)11(14)15/h2*1-4,9-10,13H,5-6H2,(H,14,15)/t9-,10+;/m1./s1. The van der Waals surface area contributed by atoms with Crippen LogP contribution >= 0.6 is 31.9 Å². The number of nitrogens with one attached hydrogen (secondary N) is 2. The highest BCUT2D eigenvalue weighted by Gasteiger charge is 2.34. The van der Waals surface area contributed by atoms with Crippen LogP contribution in [0.4, 0.5) is 0 Å². The first-order chi connectivity index (χ1) is 14.4. The summed E-state index contributed by atoms with van der Waals surface area (Å²) in [6, 6.07) is 15.7. The Morgan fingerprint density at radius 3 is 1.77 bits per heavy atom. The number of halogens is 2. The average molecular weight is 540 g/mol. The molecule has 0 aromatic heterocycles. The maximum Gasteiger partial charge on any atom is 0.308 e. The number of hydrogen-bond acceptors (Lipinski definition) is 4. The zero-order valence-electron chi connectivity index (χ0n) is 16.2. The molecule has 30 heavy (non-hydrogen) atoms. The molecular formula is C22H24Br2N2O4. The molecule has 2 saturated heterocycles. The Hall–Kier alpha value is -1.74. The van der Waals surface area contributed by atoms with E-state index < -0.39 is 11.9 Å². The van der Waals surface area contributed by atoms with E-state index in [1.165, 1.54) is 0 Å². The Kier molecular flexibility index (Phi) is 8.05. The van der Waals surface area contributed by atoms with Crippen molar-refractivity contribution in [3.8, 4) is 0 Å². The van der Waals surface area contributed by atoms with Crippen LogP contribution in [0.3, 0.4) is 0 Å². The monoisotopic (exact) mass is 538 g/mol. The minimum absolute atomic E-state index is 0.0833. The van der Waals surface area contributed by atoms with Gasteiger partial charge in [0.2, 0.25) is 0 Å². The Balaban J connectivity index is 0.000000171. The van der Waals surface area contributed by atoms with Crippen LogP contribution in [0.15, 0.2) is 57.5 Å². The van der Waals surface area contributed by atoms with Crippen LogP contribution in [0.5, 0.6) is 0 Å². The minimum atomic E-state index is -0.718. The molecule has 2 unspecified atom stereocenters. The second-order valence-electron chi connectivity index (χ2n) is 7.53. The van der Waals surface area contributed by atoms with E-state index in [1.807, 2.05) is 48.5 Å². The highest BCUT2D eigenvalue weighted by atomic mass is 79.9. The van der Waals surface area contributed by atoms with E-state index in [4.69, 9.17) is 10.2 Å². The third kappa shape index (κ3) is 5.69. The molecule has 0 saturated carbocycles. The molecule has 2 fully saturated rings. The number of aliphatic carboxylic acids is 2. The first-order valence-corrected chi connectivity index (χ1v) is 11.3. The SMILES string of the molecule is O=C(O)C1CNCC1c1cccc(Br)c1.O=C(O)[C@H]1CNC[C@@H]1c1ccc(Br)cc1. The number of hydrogen-bond donors (Lipinski definition) is 4. The smallest absolute Gasteiger partial charge is 0.308 e. The third-order valence-corrected chi connectivity index (χ3v) is 6.66. The van der Waals surface area contributed by atoms with Crippen molar-refractivity contribution in [1.29, 1.82) is 0 Å². The van der Waals surface area contributed by atoms with Gasteiger partial charge < -0.3 is 20.8 Å². The molecule has 2 aliphatic rings. The van der Waals surface area contributed by atoms with Gasteiger partial charge in [0.1, 0.15) is 0 Å². The zero-order valence-corrected chi connectivity index (χ0v) is 19.4. The van der Waals surface area contributed by atoms with Crippen molar-refractivity contribution >= 4 is 43.8 Å². The topological polar surface area (TPSA) is 98.7 Å². The molecule has 0 spiro atoms. The minimum Gasteiger partial charge on any atom is -0.481 e. The maximum absolute atomic E-state index is 11.0. The number of benzene rings is 2. The molecule has 0 bridgehead atoms. The summed E-state index contributed by atoms with van der Waals surface area (Å²) in [5, 5.41) is 24.4. The first kappa shape index (κ1) is 22.9. The Morgan fingerprint density at radius 2 is 1.27 bits per heavy atom. The molecule has 160 valence electrons. The van der Waals surface area contributed by atoms with E-state index in [-0.39, 0.29) is 23.7 Å². The van der Waals surface area contributed by atoms with E-state index in [0.29, 0.717) is 13.1 Å². The number of rotatable bonds is 4. The second-order valence-corrected chi connectivity index (χ2v) is 9.36. The van der Waals surface area contributed by atoms with E-state index in [2.05, 4.69) is 42.5 Å². The number of carbonyl (C=O) groups is 2. The van der Waals surface area contributed by atoms with Crippen molar-refractivity contribution in [2.75, 3.05) is 26.2 Å². The summed E-state index contributed by atoms with van der Waals surface area (Å²) in [5.74, 6) is -1.86. The van der Waals surface area contributed by atoms with Gasteiger partial charge in [0.25, 0.3) is 0 Å². The second kappa shape index (κ2) is 10.5. The number of carboxylic acids is 2. The van der Waals surface area contributed by atoms with Crippen molar-refractivity contribution < 1.29 is 19.8 Å². The van der Waals surface area contributed by atoms with E-state index in [1.54, 1.807) is 0 Å². The van der Waals surface area contributed by atoms with Crippen LogP contribution in [0.25, 0.3) is 0 Å². The van der Waals surface area contributed by atoms with Crippen LogP contribution < -0.4 is 10.6 Å². The molecule has 4 N–H and O–H groups in total. The van der Waals surface area contributed by atoms with Gasteiger partial charge in [-0.2, -0.15) is 0 Å². The van der Waals surface area contributed by atoms with Crippen molar-refractivity contribution in [1.82, 2.24) is 10.6 Å². The fraction of sp³-hybridized carbons (Fsp3) is 0.364. The lowest BCUT2D eigenvalue weighted by atomic mass is 9.89. The van der Waals surface area contributed by atoms with Gasteiger partial charge in [0.05, 0.1) is 11.8 Å². The summed E-state index contributed by atoms with van der Waals surface area (Å²) >= 11 is 6.76. The normalized spacial score (nSPS) is 25.4. The molecule has 2 heterocycles. The summed E-state index contributed by atoms with van der Waals surface area (Å²) in [5.41, 5.74) is 2.18. The Morgan fingerprint density at radius 1 is 0.733 bits per heavy atom. The van der Waals surface area contributed by atoms with Gasteiger partial charge in [-0.15, -0.1) is 0 Å². The van der Waals surface area contributed by atoms with Gasteiger partial charge >= 0.3 is 11.9 Å². The maximum atomic E-state index is 11.0. The molecule has 0 aliphatic carbocycles. The molecule has 4 rings (SSSR count). The largest absolute Gasteiger partial charge is 0.481 e. The van der Waals surface area contributed by atoms with Crippen LogP contribution in [-0.2, 0) is 9.59 Å². The van der Waals surface area contributed by atoms with Crippen molar-refractivity contribution in [2.24, 2.45) is 11.8 Å². The fourth-order valence-corrected chi connectivity index (χ4v) is 4.71. The van der Waals surface area contributed by atoms with E-state index >= 15 is 0 Å². The summed E-state index contributed by atoms with van der Waals surface area (Å²) < 4.78 is 2.01. The summed E-state index contributed by atoms with van der Waals surface area (Å²) in [6.45, 7) is 2.62. The van der Waals surface area contributed by atoms with Gasteiger partial charge in [-0.05, 0) is 35.4 Å². The molecule has 2 aliphatic heterocycles. The van der Waals surface area contributed by atoms with Crippen LogP contribution in [-0.4, -0.2) is 48.3 Å². The molecule has 8 heteroatoms. The van der Waals surface area contributed by atoms with Gasteiger partial charge in [-0.25, -0.2) is 0 Å². The van der Waals surface area contributed by atoms with Gasteiger partial charge in [0, 0.05) is 47.0 Å². The molecule has 4 atom stereocenters. The van der Waals surface area contributed by atoms with E-state index in [0.717, 1.165) is 33.2 Å². The lowest BCUT2D eigenvalue weighted by Crippen LogP contribution is -2.20. The van der Waals surface area contributed by atoms with Gasteiger partial charge in [0.15, 0.2) is 0 Å². The third-order valence-electron chi connectivity index (χ3n) is 5.64. The fourth-order valence-electron chi connectivity index (χ4n) is 4.02. The predicted molar refractivity (Wildman–Crippen MR) is 122 cm³/mol. The highest BCUT2D eigenvalue weighted by molar-refractivity contribution is 9.10. The number of carboxylic acid groups (broad SMARTS) is 2. The predicted octanol–water partition coefficient (Wildman–Crippen LogP) is 3.67. The Labute approximate surface area is 192 Å². The molecule has 2 aromatic rings. The summed E-state index contributed by atoms with van der Waals surface area (Å²) in [6.07, 6.45) is 0. The molecule has 2 aromatic carbocycles. The van der Waals surface area contributed by atoms with Crippen molar-refractivity contribution in [2.45, 2.75) is 11.8 Å². The van der Waals surface area contributed by atoms with Gasteiger partial charge in [-0.3, -0.25) is 9.59 Å². The average Bonchev–Trinajstić information content (AvgIpc) is 3.39. The first-order valence-electron chi connectivity index (χ1n) is 9.74. The van der Waals surface area contributed by atoms with Crippen molar-refractivity contribution in [3.63, 3.8) is 0 Å². The molecular weight excluding hydrogens is 516 g/mol. The lowest BCUT2D eigenvalue weighted by Gasteiger charge is -2.15. The highest BCUT2D eigenvalue weighted by Crippen LogP contribution is 2.30.